The van der Waals surface area contributed by atoms with E-state index in [0.29, 0.717) is 5.69 Å². The third-order valence-electron chi connectivity index (χ3n) is 6.57. The minimum atomic E-state index is -0.399. The fourth-order valence-corrected chi connectivity index (χ4v) is 4.75. The first-order valence-electron chi connectivity index (χ1n) is 11.6. The Bertz CT molecular complexity index is 1220. The van der Waals surface area contributed by atoms with E-state index in [2.05, 4.69) is 28.6 Å². The second kappa shape index (κ2) is 8.56. The van der Waals surface area contributed by atoms with E-state index in [1.807, 2.05) is 55.5 Å². The summed E-state index contributed by atoms with van der Waals surface area (Å²) >= 11 is 0. The van der Waals surface area contributed by atoms with Crippen molar-refractivity contribution in [2.75, 3.05) is 36.0 Å². The normalized spacial score (nSPS) is 19.8. The molecule has 3 aromatic rings. The Morgan fingerprint density at radius 1 is 0.909 bits per heavy atom. The van der Waals surface area contributed by atoms with E-state index in [1.54, 1.807) is 0 Å². The Balaban J connectivity index is 1.29. The minimum Gasteiger partial charge on any atom is -0.354 e. The summed E-state index contributed by atoms with van der Waals surface area (Å²) in [7, 11) is 0. The van der Waals surface area contributed by atoms with E-state index in [1.165, 1.54) is 4.90 Å². The van der Waals surface area contributed by atoms with Crippen LogP contribution in [0.1, 0.15) is 37.7 Å². The first-order chi connectivity index (χ1) is 15.9. The summed E-state index contributed by atoms with van der Waals surface area (Å²) in [6.07, 6.45) is 0.232. The number of nitrogens with zero attached hydrogens (tertiary/aromatic N) is 5. The standard InChI is InChI=1S/C26H29N5O2/c1-17(2)25-27-18(3)14-23(28-25)30-12-10-29(11-13-30)22-16-24(32)31(26(22)33)21-9-8-19-6-4-5-7-20(19)15-21/h4-9,14-15,17,22H,10-13,16H2,1-3H3/t22-/m0/s1. The average Bonchev–Trinajstić information content (AvgIpc) is 3.12. The van der Waals surface area contributed by atoms with Crippen LogP contribution in [0, 0.1) is 6.92 Å². The molecule has 0 aliphatic carbocycles. The Labute approximate surface area is 194 Å². The van der Waals surface area contributed by atoms with E-state index >= 15 is 0 Å². The number of carbonyl (C=O) groups excluding carboxylic acids is 2. The van der Waals surface area contributed by atoms with Crippen LogP contribution in [-0.2, 0) is 9.59 Å². The Morgan fingerprint density at radius 2 is 1.64 bits per heavy atom. The molecule has 0 N–H and O–H groups in total. The van der Waals surface area contributed by atoms with Gasteiger partial charge in [-0.25, -0.2) is 14.9 Å². The van der Waals surface area contributed by atoms with Gasteiger partial charge in [-0.3, -0.25) is 14.5 Å². The number of rotatable bonds is 4. The second-order valence-electron chi connectivity index (χ2n) is 9.22. The third-order valence-corrected chi connectivity index (χ3v) is 6.57. The quantitative estimate of drug-likeness (QED) is 0.575. The third kappa shape index (κ3) is 4.09. The molecule has 0 radical (unpaired) electrons. The highest BCUT2D eigenvalue weighted by Gasteiger charge is 2.43. The van der Waals surface area contributed by atoms with Gasteiger partial charge < -0.3 is 4.90 Å². The Hall–Kier alpha value is -3.32. The molecule has 2 aliphatic heterocycles. The molecule has 2 aliphatic rings. The van der Waals surface area contributed by atoms with Gasteiger partial charge in [-0.15, -0.1) is 0 Å². The lowest BCUT2D eigenvalue weighted by atomic mass is 10.1. The highest BCUT2D eigenvalue weighted by atomic mass is 16.2. The highest BCUT2D eigenvalue weighted by Crippen LogP contribution is 2.29. The molecular weight excluding hydrogens is 414 g/mol. The number of hydrogen-bond donors (Lipinski definition) is 0. The lowest BCUT2D eigenvalue weighted by Gasteiger charge is -2.37. The molecular formula is C26H29N5O2. The molecule has 2 fully saturated rings. The van der Waals surface area contributed by atoms with Crippen molar-refractivity contribution in [2.45, 2.75) is 39.2 Å². The van der Waals surface area contributed by atoms with Gasteiger partial charge in [-0.05, 0) is 29.8 Å². The molecule has 1 atom stereocenters. The zero-order chi connectivity index (χ0) is 23.1. The molecule has 0 bridgehead atoms. The fraction of sp³-hybridized carbons (Fsp3) is 0.385. The fourth-order valence-electron chi connectivity index (χ4n) is 4.75. The van der Waals surface area contributed by atoms with E-state index in [4.69, 9.17) is 4.98 Å². The van der Waals surface area contributed by atoms with Gasteiger partial charge in [0.1, 0.15) is 11.6 Å². The topological polar surface area (TPSA) is 69.6 Å². The zero-order valence-electron chi connectivity index (χ0n) is 19.4. The van der Waals surface area contributed by atoms with Crippen molar-refractivity contribution >= 4 is 34.1 Å². The van der Waals surface area contributed by atoms with Gasteiger partial charge in [0.15, 0.2) is 0 Å². The largest absolute Gasteiger partial charge is 0.354 e. The van der Waals surface area contributed by atoms with Gasteiger partial charge in [-0.1, -0.05) is 44.2 Å². The van der Waals surface area contributed by atoms with E-state index in [-0.39, 0.29) is 24.2 Å². The van der Waals surface area contributed by atoms with Crippen molar-refractivity contribution in [1.29, 1.82) is 0 Å². The molecule has 170 valence electrons. The molecule has 2 saturated heterocycles. The second-order valence-corrected chi connectivity index (χ2v) is 9.22. The van der Waals surface area contributed by atoms with Crippen molar-refractivity contribution in [3.05, 3.63) is 60.0 Å². The summed E-state index contributed by atoms with van der Waals surface area (Å²) in [4.78, 5) is 41.2. The van der Waals surface area contributed by atoms with Crippen molar-refractivity contribution in [1.82, 2.24) is 14.9 Å². The summed E-state index contributed by atoms with van der Waals surface area (Å²) in [5.41, 5.74) is 1.62. The maximum atomic E-state index is 13.3. The number of hydrogen-bond acceptors (Lipinski definition) is 6. The number of aromatic nitrogens is 2. The van der Waals surface area contributed by atoms with Crippen LogP contribution in [0.2, 0.25) is 0 Å². The van der Waals surface area contributed by atoms with Crippen LogP contribution in [-0.4, -0.2) is 58.9 Å². The predicted octanol–water partition coefficient (Wildman–Crippen LogP) is 3.52. The van der Waals surface area contributed by atoms with Gasteiger partial charge in [0.05, 0.1) is 18.2 Å². The molecule has 2 amide bonds. The van der Waals surface area contributed by atoms with Gasteiger partial charge in [0.2, 0.25) is 5.91 Å². The smallest absolute Gasteiger partial charge is 0.251 e. The van der Waals surface area contributed by atoms with Crippen LogP contribution < -0.4 is 9.80 Å². The van der Waals surface area contributed by atoms with Crippen molar-refractivity contribution < 1.29 is 9.59 Å². The number of imide groups is 1. The molecule has 3 heterocycles. The maximum absolute atomic E-state index is 13.3. The average molecular weight is 444 g/mol. The van der Waals surface area contributed by atoms with Crippen molar-refractivity contribution in [2.24, 2.45) is 0 Å². The van der Waals surface area contributed by atoms with Crippen LogP contribution in [0.4, 0.5) is 11.5 Å². The van der Waals surface area contributed by atoms with Gasteiger partial charge in [0, 0.05) is 43.9 Å². The molecule has 33 heavy (non-hydrogen) atoms. The Kier molecular flexibility index (Phi) is 5.58. The summed E-state index contributed by atoms with van der Waals surface area (Å²) in [6.45, 7) is 9.16. The maximum Gasteiger partial charge on any atom is 0.251 e. The van der Waals surface area contributed by atoms with Crippen LogP contribution >= 0.6 is 0 Å². The molecule has 7 nitrogen and oxygen atoms in total. The predicted molar refractivity (Wildman–Crippen MR) is 129 cm³/mol. The van der Waals surface area contributed by atoms with Gasteiger partial charge in [0.25, 0.3) is 5.91 Å². The summed E-state index contributed by atoms with van der Waals surface area (Å²) in [6, 6.07) is 15.3. The molecule has 0 unspecified atom stereocenters. The summed E-state index contributed by atoms with van der Waals surface area (Å²) in [5.74, 6) is 1.82. The molecule has 0 spiro atoms. The van der Waals surface area contributed by atoms with Crippen LogP contribution in [0.3, 0.4) is 0 Å². The number of piperazine rings is 1. The Morgan fingerprint density at radius 3 is 2.36 bits per heavy atom. The molecule has 7 heteroatoms. The number of aryl methyl sites for hydroxylation is 1. The molecule has 0 saturated carbocycles. The van der Waals surface area contributed by atoms with E-state index in [0.717, 1.165) is 54.3 Å². The minimum absolute atomic E-state index is 0.122. The zero-order valence-corrected chi connectivity index (χ0v) is 19.4. The lowest BCUT2D eigenvalue weighted by Crippen LogP contribution is -2.52. The number of amides is 2. The number of carbonyl (C=O) groups is 2. The molecule has 5 rings (SSSR count). The summed E-state index contributed by atoms with van der Waals surface area (Å²) in [5, 5.41) is 2.11. The first-order valence-corrected chi connectivity index (χ1v) is 11.6. The van der Waals surface area contributed by atoms with Gasteiger partial charge >= 0.3 is 0 Å². The summed E-state index contributed by atoms with van der Waals surface area (Å²) < 4.78 is 0. The lowest BCUT2D eigenvalue weighted by molar-refractivity contribution is -0.123. The van der Waals surface area contributed by atoms with Gasteiger partial charge in [-0.2, -0.15) is 0 Å². The SMILES string of the molecule is Cc1cc(N2CCN([C@H]3CC(=O)N(c4ccc5ccccc5c4)C3=O)CC2)nc(C(C)C)n1. The van der Waals surface area contributed by atoms with E-state index < -0.39 is 6.04 Å². The first kappa shape index (κ1) is 21.5. The van der Waals surface area contributed by atoms with Crippen LogP contribution in [0.15, 0.2) is 48.5 Å². The monoisotopic (exact) mass is 443 g/mol. The van der Waals surface area contributed by atoms with Crippen LogP contribution in [0.5, 0.6) is 0 Å². The highest BCUT2D eigenvalue weighted by molar-refractivity contribution is 6.22. The molecule has 2 aromatic carbocycles. The van der Waals surface area contributed by atoms with E-state index in [9.17, 15) is 9.59 Å². The van der Waals surface area contributed by atoms with Crippen LogP contribution in [0.25, 0.3) is 10.8 Å². The van der Waals surface area contributed by atoms with Crippen molar-refractivity contribution in [3.63, 3.8) is 0 Å². The number of fused-ring (bicyclic) bond motifs is 1. The molecule has 1 aromatic heterocycles. The number of benzene rings is 2. The van der Waals surface area contributed by atoms with Crippen molar-refractivity contribution in [3.8, 4) is 0 Å². The number of anilines is 2.